The first-order valence-electron chi connectivity index (χ1n) is 8.46. The molecule has 0 saturated carbocycles. The highest BCUT2D eigenvalue weighted by Gasteiger charge is 2.12. The molecule has 1 amide bonds. The van der Waals surface area contributed by atoms with Crippen molar-refractivity contribution in [2.45, 2.75) is 13.1 Å². The van der Waals surface area contributed by atoms with Crippen LogP contribution in [-0.4, -0.2) is 35.7 Å². The van der Waals surface area contributed by atoms with Gasteiger partial charge in [0, 0.05) is 30.7 Å². The largest absolute Gasteiger partial charge is 0.346 e. The Labute approximate surface area is 155 Å². The first-order chi connectivity index (χ1) is 13.3. The zero-order valence-corrected chi connectivity index (χ0v) is 14.4. The van der Waals surface area contributed by atoms with E-state index >= 15 is 0 Å². The molecule has 3 aromatic heterocycles. The molecule has 0 unspecified atom stereocenters. The zero-order valence-electron chi connectivity index (χ0n) is 14.4. The average Bonchev–Trinajstić information content (AvgIpc) is 3.39. The van der Waals surface area contributed by atoms with Gasteiger partial charge < -0.3 is 5.32 Å². The number of aromatic nitrogens is 6. The standard InChI is InChI=1S/C19H17N7O/c27-19(17-14-25(24-23-17)13-15-6-2-1-3-7-15)21-12-16-8-4-9-20-18(16)26-11-5-10-22-26/h1-11,14H,12-13H2,(H,21,27). The van der Waals surface area contributed by atoms with Crippen LogP contribution in [0.3, 0.4) is 0 Å². The van der Waals surface area contributed by atoms with Crippen LogP contribution >= 0.6 is 0 Å². The van der Waals surface area contributed by atoms with E-state index in [4.69, 9.17) is 0 Å². The van der Waals surface area contributed by atoms with Crippen LogP contribution in [0.5, 0.6) is 0 Å². The van der Waals surface area contributed by atoms with Gasteiger partial charge in [-0.25, -0.2) is 14.3 Å². The van der Waals surface area contributed by atoms with Crippen LogP contribution in [0, 0.1) is 0 Å². The van der Waals surface area contributed by atoms with Gasteiger partial charge >= 0.3 is 0 Å². The van der Waals surface area contributed by atoms with Gasteiger partial charge in [-0.2, -0.15) is 5.10 Å². The van der Waals surface area contributed by atoms with E-state index in [-0.39, 0.29) is 11.6 Å². The number of nitrogens with one attached hydrogen (secondary N) is 1. The SMILES string of the molecule is O=C(NCc1cccnc1-n1cccn1)c1cn(Cc2ccccc2)nn1. The van der Waals surface area contributed by atoms with Crippen molar-refractivity contribution in [2.75, 3.05) is 0 Å². The third kappa shape index (κ3) is 3.90. The summed E-state index contributed by atoms with van der Waals surface area (Å²) < 4.78 is 3.31. The van der Waals surface area contributed by atoms with Crippen molar-refractivity contribution in [1.82, 2.24) is 35.1 Å². The fourth-order valence-electron chi connectivity index (χ4n) is 2.68. The topological polar surface area (TPSA) is 90.5 Å². The molecule has 0 fully saturated rings. The van der Waals surface area contributed by atoms with Crippen molar-refractivity contribution in [2.24, 2.45) is 0 Å². The van der Waals surface area contributed by atoms with Gasteiger partial charge in [-0.3, -0.25) is 4.79 Å². The Morgan fingerprint density at radius 2 is 1.93 bits per heavy atom. The van der Waals surface area contributed by atoms with E-state index in [1.807, 2.05) is 54.7 Å². The first-order valence-corrected chi connectivity index (χ1v) is 8.46. The lowest BCUT2D eigenvalue weighted by Crippen LogP contribution is -2.24. The highest BCUT2D eigenvalue weighted by molar-refractivity contribution is 5.91. The van der Waals surface area contributed by atoms with Crippen LogP contribution in [0.4, 0.5) is 0 Å². The van der Waals surface area contributed by atoms with E-state index in [0.717, 1.165) is 11.1 Å². The summed E-state index contributed by atoms with van der Waals surface area (Å²) in [6.45, 7) is 0.876. The Kier molecular flexibility index (Phi) is 4.69. The highest BCUT2D eigenvalue weighted by atomic mass is 16.2. The van der Waals surface area contributed by atoms with Gasteiger partial charge in [0.15, 0.2) is 11.5 Å². The molecule has 0 bridgehead atoms. The molecular weight excluding hydrogens is 342 g/mol. The van der Waals surface area contributed by atoms with E-state index < -0.39 is 0 Å². The van der Waals surface area contributed by atoms with E-state index in [0.29, 0.717) is 18.9 Å². The maximum atomic E-state index is 12.4. The molecule has 0 aliphatic rings. The molecule has 8 heteroatoms. The number of rotatable bonds is 6. The number of hydrogen-bond acceptors (Lipinski definition) is 5. The lowest BCUT2D eigenvalue weighted by molar-refractivity contribution is 0.0946. The quantitative estimate of drug-likeness (QED) is 0.567. The number of amides is 1. The third-order valence-electron chi connectivity index (χ3n) is 3.99. The molecular formula is C19H17N7O. The van der Waals surface area contributed by atoms with Crippen molar-refractivity contribution >= 4 is 5.91 Å². The maximum absolute atomic E-state index is 12.4. The Hall–Kier alpha value is -3.81. The van der Waals surface area contributed by atoms with Gasteiger partial charge in [-0.05, 0) is 17.7 Å². The van der Waals surface area contributed by atoms with Gasteiger partial charge in [0.25, 0.3) is 5.91 Å². The fraction of sp³-hybridized carbons (Fsp3) is 0.105. The second-order valence-corrected chi connectivity index (χ2v) is 5.91. The highest BCUT2D eigenvalue weighted by Crippen LogP contribution is 2.10. The van der Waals surface area contributed by atoms with Crippen LogP contribution in [0.1, 0.15) is 21.6 Å². The fourth-order valence-corrected chi connectivity index (χ4v) is 2.68. The molecule has 0 aliphatic carbocycles. The van der Waals surface area contributed by atoms with Crippen molar-refractivity contribution in [3.63, 3.8) is 0 Å². The predicted molar refractivity (Wildman–Crippen MR) is 98.1 cm³/mol. The van der Waals surface area contributed by atoms with E-state index in [1.54, 1.807) is 28.0 Å². The van der Waals surface area contributed by atoms with Crippen LogP contribution in [0.15, 0.2) is 73.3 Å². The number of carbonyl (C=O) groups is 1. The molecule has 27 heavy (non-hydrogen) atoms. The summed E-state index contributed by atoms with van der Waals surface area (Å²) in [7, 11) is 0. The van der Waals surface area contributed by atoms with E-state index in [1.165, 1.54) is 0 Å². The minimum atomic E-state index is -0.287. The molecule has 4 aromatic rings. The molecule has 0 aliphatic heterocycles. The molecule has 134 valence electrons. The number of carbonyl (C=O) groups excluding carboxylic acids is 1. The van der Waals surface area contributed by atoms with Gasteiger partial charge in [-0.1, -0.05) is 41.6 Å². The minimum Gasteiger partial charge on any atom is -0.346 e. The molecule has 1 N–H and O–H groups in total. The maximum Gasteiger partial charge on any atom is 0.273 e. The Morgan fingerprint density at radius 3 is 2.74 bits per heavy atom. The zero-order chi connectivity index (χ0) is 18.5. The summed E-state index contributed by atoms with van der Waals surface area (Å²) in [6, 6.07) is 15.4. The number of nitrogens with zero attached hydrogens (tertiary/aromatic N) is 6. The van der Waals surface area contributed by atoms with Crippen LogP contribution in [-0.2, 0) is 13.1 Å². The smallest absolute Gasteiger partial charge is 0.273 e. The number of pyridine rings is 1. The molecule has 4 rings (SSSR count). The summed E-state index contributed by atoms with van der Waals surface area (Å²) in [6.07, 6.45) is 6.82. The normalized spacial score (nSPS) is 10.7. The van der Waals surface area contributed by atoms with Crippen molar-refractivity contribution in [1.29, 1.82) is 0 Å². The number of hydrogen-bond donors (Lipinski definition) is 1. The summed E-state index contributed by atoms with van der Waals surface area (Å²) >= 11 is 0. The van der Waals surface area contributed by atoms with Gasteiger partial charge in [0.2, 0.25) is 0 Å². The van der Waals surface area contributed by atoms with Crippen molar-refractivity contribution < 1.29 is 4.79 Å². The predicted octanol–water partition coefficient (Wildman–Crippen LogP) is 1.84. The molecule has 8 nitrogen and oxygen atoms in total. The molecule has 1 aromatic carbocycles. The van der Waals surface area contributed by atoms with Gasteiger partial charge in [-0.15, -0.1) is 5.10 Å². The molecule has 3 heterocycles. The van der Waals surface area contributed by atoms with Crippen LogP contribution in [0.25, 0.3) is 5.82 Å². The molecule has 0 saturated heterocycles. The average molecular weight is 359 g/mol. The van der Waals surface area contributed by atoms with Crippen molar-refractivity contribution in [3.05, 3.63) is 90.1 Å². The summed E-state index contributed by atoms with van der Waals surface area (Å²) in [4.78, 5) is 16.8. The Bertz CT molecular complexity index is 1030. The molecule has 0 radical (unpaired) electrons. The van der Waals surface area contributed by atoms with Gasteiger partial charge in [0.05, 0.1) is 12.7 Å². The summed E-state index contributed by atoms with van der Waals surface area (Å²) in [5.74, 6) is 0.389. The Morgan fingerprint density at radius 1 is 1.04 bits per heavy atom. The second-order valence-electron chi connectivity index (χ2n) is 5.91. The third-order valence-corrected chi connectivity index (χ3v) is 3.99. The summed E-state index contributed by atoms with van der Waals surface area (Å²) in [5.41, 5.74) is 2.22. The summed E-state index contributed by atoms with van der Waals surface area (Å²) in [5, 5.41) is 15.0. The second kappa shape index (κ2) is 7.61. The molecule has 0 atom stereocenters. The van der Waals surface area contributed by atoms with E-state index in [9.17, 15) is 4.79 Å². The van der Waals surface area contributed by atoms with Crippen LogP contribution < -0.4 is 5.32 Å². The Balaban J connectivity index is 1.42. The van der Waals surface area contributed by atoms with Crippen molar-refractivity contribution in [3.8, 4) is 5.82 Å². The van der Waals surface area contributed by atoms with E-state index in [2.05, 4.69) is 25.7 Å². The first kappa shape index (κ1) is 16.6. The lowest BCUT2D eigenvalue weighted by Gasteiger charge is -2.08. The lowest BCUT2D eigenvalue weighted by atomic mass is 10.2. The van der Waals surface area contributed by atoms with Crippen LogP contribution in [0.2, 0.25) is 0 Å². The minimum absolute atomic E-state index is 0.274. The molecule has 0 spiro atoms. The number of benzene rings is 1. The monoisotopic (exact) mass is 359 g/mol. The van der Waals surface area contributed by atoms with Gasteiger partial charge in [0.1, 0.15) is 0 Å².